The third-order valence-electron chi connectivity index (χ3n) is 3.88. The highest BCUT2D eigenvalue weighted by Gasteiger charge is 2.34. The molecule has 2 aromatic rings. The molecule has 1 nitrogen and oxygen atoms in total. The fraction of sp³-hybridized carbons (Fsp3) is 0.333. The summed E-state index contributed by atoms with van der Waals surface area (Å²) in [6.07, 6.45) is 4.02. The van der Waals surface area contributed by atoms with Gasteiger partial charge in [-0.05, 0) is 30.2 Å². The standard InChI is InChI=1S/C15H15N/c1-2-4-14-11(3-1)5-6-12-9-10-16(15(12)14)13-7-8-13/h1-6,13H,7-10H2. The maximum Gasteiger partial charge on any atom is 0.0481 e. The van der Waals surface area contributed by atoms with Gasteiger partial charge in [0.2, 0.25) is 0 Å². The Labute approximate surface area is 95.7 Å². The van der Waals surface area contributed by atoms with Gasteiger partial charge in [-0.15, -0.1) is 0 Å². The Morgan fingerprint density at radius 2 is 1.88 bits per heavy atom. The van der Waals surface area contributed by atoms with Crippen molar-refractivity contribution in [1.82, 2.24) is 0 Å². The van der Waals surface area contributed by atoms with Crippen LogP contribution in [0.25, 0.3) is 10.8 Å². The summed E-state index contributed by atoms with van der Waals surface area (Å²) >= 11 is 0. The predicted molar refractivity (Wildman–Crippen MR) is 68.0 cm³/mol. The monoisotopic (exact) mass is 209 g/mol. The molecule has 0 radical (unpaired) electrons. The van der Waals surface area contributed by atoms with Crippen LogP contribution in [-0.2, 0) is 6.42 Å². The number of rotatable bonds is 1. The van der Waals surface area contributed by atoms with Gasteiger partial charge in [0.05, 0.1) is 0 Å². The lowest BCUT2D eigenvalue weighted by Gasteiger charge is -2.20. The van der Waals surface area contributed by atoms with Crippen LogP contribution in [0, 0.1) is 0 Å². The normalized spacial score (nSPS) is 19.1. The van der Waals surface area contributed by atoms with E-state index in [4.69, 9.17) is 0 Å². The Bertz CT molecular complexity index is 554. The molecule has 1 heterocycles. The van der Waals surface area contributed by atoms with E-state index in [1.165, 1.54) is 42.3 Å². The van der Waals surface area contributed by atoms with Crippen molar-refractivity contribution >= 4 is 16.5 Å². The van der Waals surface area contributed by atoms with E-state index in [1.807, 2.05) is 0 Å². The molecule has 2 aromatic carbocycles. The van der Waals surface area contributed by atoms with Gasteiger partial charge in [-0.2, -0.15) is 0 Å². The van der Waals surface area contributed by atoms with Gasteiger partial charge in [-0.1, -0.05) is 36.4 Å². The molecule has 80 valence electrons. The summed E-state index contributed by atoms with van der Waals surface area (Å²) in [5.41, 5.74) is 3.08. The van der Waals surface area contributed by atoms with Crippen LogP contribution in [0.15, 0.2) is 36.4 Å². The summed E-state index contributed by atoms with van der Waals surface area (Å²) in [6, 6.07) is 14.2. The van der Waals surface area contributed by atoms with E-state index in [2.05, 4.69) is 41.3 Å². The van der Waals surface area contributed by atoms with Gasteiger partial charge in [0.15, 0.2) is 0 Å². The van der Waals surface area contributed by atoms with Crippen LogP contribution in [0.2, 0.25) is 0 Å². The second kappa shape index (κ2) is 3.00. The van der Waals surface area contributed by atoms with Crippen LogP contribution < -0.4 is 4.90 Å². The lowest BCUT2D eigenvalue weighted by Crippen LogP contribution is -2.22. The van der Waals surface area contributed by atoms with Crippen LogP contribution in [0.1, 0.15) is 18.4 Å². The molecule has 0 aromatic heterocycles. The quantitative estimate of drug-likeness (QED) is 0.696. The van der Waals surface area contributed by atoms with Crippen molar-refractivity contribution in [3.05, 3.63) is 42.0 Å². The predicted octanol–water partition coefficient (Wildman–Crippen LogP) is 3.36. The van der Waals surface area contributed by atoms with Gasteiger partial charge >= 0.3 is 0 Å². The molecule has 2 aliphatic rings. The Hall–Kier alpha value is -1.50. The first-order valence-electron chi connectivity index (χ1n) is 6.21. The van der Waals surface area contributed by atoms with E-state index >= 15 is 0 Å². The van der Waals surface area contributed by atoms with Crippen LogP contribution in [0.3, 0.4) is 0 Å². The molecule has 0 saturated heterocycles. The second-order valence-corrected chi connectivity index (χ2v) is 4.97. The molecule has 0 spiro atoms. The largest absolute Gasteiger partial charge is 0.367 e. The van der Waals surface area contributed by atoms with E-state index in [1.54, 1.807) is 5.56 Å². The highest BCUT2D eigenvalue weighted by atomic mass is 15.2. The van der Waals surface area contributed by atoms with Gasteiger partial charge in [0.1, 0.15) is 0 Å². The average molecular weight is 209 g/mol. The van der Waals surface area contributed by atoms with Gasteiger partial charge in [-0.3, -0.25) is 0 Å². The molecular formula is C15H15N. The van der Waals surface area contributed by atoms with Gasteiger partial charge in [0, 0.05) is 23.7 Å². The van der Waals surface area contributed by atoms with Crippen molar-refractivity contribution in [2.24, 2.45) is 0 Å². The molecular weight excluding hydrogens is 194 g/mol. The van der Waals surface area contributed by atoms with Crippen LogP contribution in [0.4, 0.5) is 5.69 Å². The molecule has 16 heavy (non-hydrogen) atoms. The fourth-order valence-corrected chi connectivity index (χ4v) is 2.95. The summed E-state index contributed by atoms with van der Waals surface area (Å²) in [7, 11) is 0. The number of anilines is 1. The van der Waals surface area contributed by atoms with Gasteiger partial charge in [-0.25, -0.2) is 0 Å². The number of hydrogen-bond donors (Lipinski definition) is 0. The highest BCUT2D eigenvalue weighted by molar-refractivity contribution is 5.97. The maximum absolute atomic E-state index is 2.64. The maximum atomic E-state index is 2.64. The van der Waals surface area contributed by atoms with E-state index in [0.29, 0.717) is 0 Å². The molecule has 1 fully saturated rings. The van der Waals surface area contributed by atoms with Crippen molar-refractivity contribution in [2.45, 2.75) is 25.3 Å². The van der Waals surface area contributed by atoms with Gasteiger partial charge in [0.25, 0.3) is 0 Å². The lowest BCUT2D eigenvalue weighted by atomic mass is 10.0. The zero-order valence-corrected chi connectivity index (χ0v) is 9.32. The molecule has 0 N–H and O–H groups in total. The first kappa shape index (κ1) is 8.63. The molecule has 1 aliphatic carbocycles. The Balaban J connectivity index is 2.00. The van der Waals surface area contributed by atoms with Crippen molar-refractivity contribution in [1.29, 1.82) is 0 Å². The topological polar surface area (TPSA) is 3.24 Å². The Kier molecular flexibility index (Phi) is 1.62. The molecule has 0 unspecified atom stereocenters. The van der Waals surface area contributed by atoms with E-state index < -0.39 is 0 Å². The van der Waals surface area contributed by atoms with E-state index in [0.717, 1.165) is 6.04 Å². The third kappa shape index (κ3) is 1.12. The first-order chi connectivity index (χ1) is 7.93. The molecule has 0 bridgehead atoms. The Morgan fingerprint density at radius 3 is 2.75 bits per heavy atom. The summed E-state index contributed by atoms with van der Waals surface area (Å²) in [4.78, 5) is 2.64. The van der Waals surface area contributed by atoms with Crippen molar-refractivity contribution < 1.29 is 0 Å². The lowest BCUT2D eigenvalue weighted by molar-refractivity contribution is 0.833. The number of nitrogens with zero attached hydrogens (tertiary/aromatic N) is 1. The molecule has 1 aliphatic heterocycles. The van der Waals surface area contributed by atoms with E-state index in [9.17, 15) is 0 Å². The van der Waals surface area contributed by atoms with E-state index in [-0.39, 0.29) is 0 Å². The van der Waals surface area contributed by atoms with Crippen molar-refractivity contribution in [3.8, 4) is 0 Å². The Morgan fingerprint density at radius 1 is 1.00 bits per heavy atom. The molecule has 0 atom stereocenters. The summed E-state index contributed by atoms with van der Waals surface area (Å²) in [5, 5.41) is 2.83. The molecule has 0 amide bonds. The minimum atomic E-state index is 0.840. The number of fused-ring (bicyclic) bond motifs is 3. The smallest absolute Gasteiger partial charge is 0.0481 e. The first-order valence-corrected chi connectivity index (χ1v) is 6.21. The van der Waals surface area contributed by atoms with Crippen molar-refractivity contribution in [3.63, 3.8) is 0 Å². The van der Waals surface area contributed by atoms with Crippen LogP contribution in [0.5, 0.6) is 0 Å². The number of benzene rings is 2. The SMILES string of the molecule is c1ccc2c3c(ccc2c1)CCN3C1CC1. The average Bonchev–Trinajstić information content (AvgIpc) is 3.08. The summed E-state index contributed by atoms with van der Waals surface area (Å²) < 4.78 is 0. The van der Waals surface area contributed by atoms with Gasteiger partial charge < -0.3 is 4.90 Å². The highest BCUT2D eigenvalue weighted by Crippen LogP contribution is 2.41. The molecule has 1 heteroatoms. The zero-order valence-electron chi connectivity index (χ0n) is 9.32. The number of hydrogen-bond acceptors (Lipinski definition) is 1. The third-order valence-corrected chi connectivity index (χ3v) is 3.88. The van der Waals surface area contributed by atoms with Crippen molar-refractivity contribution in [2.75, 3.05) is 11.4 Å². The zero-order chi connectivity index (χ0) is 10.5. The second-order valence-electron chi connectivity index (χ2n) is 4.97. The summed E-state index contributed by atoms with van der Waals surface area (Å²) in [6.45, 7) is 1.23. The molecule has 4 rings (SSSR count). The minimum absolute atomic E-state index is 0.840. The minimum Gasteiger partial charge on any atom is -0.367 e. The fourth-order valence-electron chi connectivity index (χ4n) is 2.95. The van der Waals surface area contributed by atoms with Crippen LogP contribution in [-0.4, -0.2) is 12.6 Å². The summed E-state index contributed by atoms with van der Waals surface area (Å²) in [5.74, 6) is 0. The molecule has 1 saturated carbocycles. The van der Waals surface area contributed by atoms with Crippen LogP contribution >= 0.6 is 0 Å².